The summed E-state index contributed by atoms with van der Waals surface area (Å²) in [6.07, 6.45) is -0.923. The van der Waals surface area contributed by atoms with E-state index in [-0.39, 0.29) is 6.10 Å². The molecule has 0 bridgehead atoms. The van der Waals surface area contributed by atoms with Crippen molar-refractivity contribution in [2.24, 2.45) is 0 Å². The van der Waals surface area contributed by atoms with Gasteiger partial charge >= 0.3 is 0 Å². The number of rotatable bonds is 3. The molecule has 0 saturated carbocycles. The molecule has 12 heavy (non-hydrogen) atoms. The summed E-state index contributed by atoms with van der Waals surface area (Å²) in [7, 11) is 0. The van der Waals surface area contributed by atoms with Crippen LogP contribution in [0.5, 0.6) is 0 Å². The second-order valence-corrected chi connectivity index (χ2v) is 3.42. The zero-order valence-electron chi connectivity index (χ0n) is 7.35. The van der Waals surface area contributed by atoms with Crippen molar-refractivity contribution in [2.75, 3.05) is 19.6 Å². The maximum absolute atomic E-state index is 9.29. The molecule has 0 radical (unpaired) electrons. The van der Waals surface area contributed by atoms with Gasteiger partial charge in [0.25, 0.3) is 0 Å². The van der Waals surface area contributed by atoms with Crippen LogP contribution in [0, 0.1) is 0 Å². The highest BCUT2D eigenvalue weighted by Gasteiger charge is 2.29. The van der Waals surface area contributed by atoms with E-state index in [4.69, 9.17) is 0 Å². The van der Waals surface area contributed by atoms with Gasteiger partial charge in [0.15, 0.2) is 0 Å². The molecule has 1 saturated heterocycles. The van der Waals surface area contributed by atoms with Crippen LogP contribution < -0.4 is 0 Å². The zero-order chi connectivity index (χ0) is 9.14. The van der Waals surface area contributed by atoms with Crippen LogP contribution in [0.4, 0.5) is 0 Å². The number of β-amino-alcohol motifs (C(OH)–C–C–N with tert-alkyl or cyclic N) is 3. The Morgan fingerprint density at radius 2 is 1.83 bits per heavy atom. The molecule has 0 aliphatic carbocycles. The second-order valence-electron chi connectivity index (χ2n) is 3.42. The Kier molecular flexibility index (Phi) is 3.46. The number of aliphatic hydroxyl groups is 3. The Labute approximate surface area is 72.4 Å². The maximum Gasteiger partial charge on any atom is 0.0938 e. The van der Waals surface area contributed by atoms with Gasteiger partial charge < -0.3 is 15.3 Å². The van der Waals surface area contributed by atoms with Crippen LogP contribution in [0.3, 0.4) is 0 Å². The minimum atomic E-state index is -0.644. The van der Waals surface area contributed by atoms with Crippen LogP contribution in [0.1, 0.15) is 13.3 Å². The molecule has 4 nitrogen and oxygen atoms in total. The van der Waals surface area contributed by atoms with E-state index in [1.165, 1.54) is 0 Å². The molecule has 4 heteroatoms. The summed E-state index contributed by atoms with van der Waals surface area (Å²) < 4.78 is 0. The molecular weight excluding hydrogens is 158 g/mol. The van der Waals surface area contributed by atoms with Gasteiger partial charge in [-0.05, 0) is 6.42 Å². The van der Waals surface area contributed by atoms with E-state index in [9.17, 15) is 15.3 Å². The van der Waals surface area contributed by atoms with Gasteiger partial charge in [-0.25, -0.2) is 0 Å². The van der Waals surface area contributed by atoms with Gasteiger partial charge in [-0.15, -0.1) is 0 Å². The molecule has 1 aliphatic heterocycles. The van der Waals surface area contributed by atoms with Crippen molar-refractivity contribution in [1.82, 2.24) is 4.90 Å². The molecule has 0 unspecified atom stereocenters. The van der Waals surface area contributed by atoms with Crippen molar-refractivity contribution < 1.29 is 15.3 Å². The van der Waals surface area contributed by atoms with Crippen LogP contribution in [0.25, 0.3) is 0 Å². The largest absolute Gasteiger partial charge is 0.392 e. The SMILES string of the molecule is CC[C@H](O)CN1C[C@@H](O)[C@@H](O)C1. The van der Waals surface area contributed by atoms with Gasteiger partial charge in [0.2, 0.25) is 0 Å². The average Bonchev–Trinajstić information content (AvgIpc) is 2.31. The van der Waals surface area contributed by atoms with Crippen molar-refractivity contribution in [3.63, 3.8) is 0 Å². The number of nitrogens with zero attached hydrogens (tertiary/aromatic N) is 1. The number of aliphatic hydroxyl groups excluding tert-OH is 3. The first-order valence-electron chi connectivity index (χ1n) is 4.40. The summed E-state index contributed by atoms with van der Waals surface area (Å²) in [5.74, 6) is 0. The van der Waals surface area contributed by atoms with E-state index in [0.717, 1.165) is 0 Å². The lowest BCUT2D eigenvalue weighted by Gasteiger charge is -2.17. The summed E-state index contributed by atoms with van der Waals surface area (Å²) in [6.45, 7) is 3.40. The van der Waals surface area contributed by atoms with Crippen molar-refractivity contribution in [3.8, 4) is 0 Å². The van der Waals surface area contributed by atoms with Crippen molar-refractivity contribution in [2.45, 2.75) is 31.7 Å². The van der Waals surface area contributed by atoms with E-state index in [1.807, 2.05) is 11.8 Å². The topological polar surface area (TPSA) is 63.9 Å². The lowest BCUT2D eigenvalue weighted by atomic mass is 10.2. The fourth-order valence-electron chi connectivity index (χ4n) is 1.42. The molecule has 1 rings (SSSR count). The summed E-state index contributed by atoms with van der Waals surface area (Å²) in [5.41, 5.74) is 0. The normalized spacial score (nSPS) is 34.0. The second kappa shape index (κ2) is 4.18. The maximum atomic E-state index is 9.29. The van der Waals surface area contributed by atoms with Crippen LogP contribution in [0.2, 0.25) is 0 Å². The standard InChI is InChI=1S/C8H17NO3/c1-2-6(10)3-9-4-7(11)8(12)5-9/h6-8,10-12H,2-5H2,1H3/t6-,7-,8+/m0/s1. The highest BCUT2D eigenvalue weighted by atomic mass is 16.3. The molecule has 0 aromatic carbocycles. The molecule has 0 aromatic rings. The van der Waals surface area contributed by atoms with E-state index in [2.05, 4.69) is 0 Å². The van der Waals surface area contributed by atoms with Gasteiger partial charge in [0, 0.05) is 19.6 Å². The van der Waals surface area contributed by atoms with Crippen LogP contribution >= 0.6 is 0 Å². The van der Waals surface area contributed by atoms with E-state index < -0.39 is 12.2 Å². The third-order valence-corrected chi connectivity index (χ3v) is 2.27. The van der Waals surface area contributed by atoms with Crippen LogP contribution in [-0.4, -0.2) is 58.2 Å². The lowest BCUT2D eigenvalue weighted by Crippen LogP contribution is -2.31. The minimum Gasteiger partial charge on any atom is -0.392 e. The van der Waals surface area contributed by atoms with Gasteiger partial charge in [-0.2, -0.15) is 0 Å². The van der Waals surface area contributed by atoms with E-state index >= 15 is 0 Å². The Morgan fingerprint density at radius 3 is 2.25 bits per heavy atom. The molecule has 0 amide bonds. The first kappa shape index (κ1) is 9.92. The van der Waals surface area contributed by atoms with Crippen LogP contribution in [0.15, 0.2) is 0 Å². The minimum absolute atomic E-state index is 0.345. The predicted molar refractivity (Wildman–Crippen MR) is 44.8 cm³/mol. The summed E-state index contributed by atoms with van der Waals surface area (Å²) >= 11 is 0. The van der Waals surface area contributed by atoms with Crippen LogP contribution in [-0.2, 0) is 0 Å². The number of likely N-dealkylation sites (tertiary alicyclic amines) is 1. The number of hydrogen-bond donors (Lipinski definition) is 3. The molecule has 3 N–H and O–H groups in total. The Bertz CT molecular complexity index is 132. The van der Waals surface area contributed by atoms with E-state index in [0.29, 0.717) is 26.1 Å². The molecule has 1 fully saturated rings. The first-order valence-corrected chi connectivity index (χ1v) is 4.40. The van der Waals surface area contributed by atoms with Crippen molar-refractivity contribution >= 4 is 0 Å². The smallest absolute Gasteiger partial charge is 0.0938 e. The Balaban J connectivity index is 2.27. The quantitative estimate of drug-likeness (QED) is 0.504. The van der Waals surface area contributed by atoms with Gasteiger partial charge in [0.1, 0.15) is 0 Å². The van der Waals surface area contributed by atoms with Crippen molar-refractivity contribution in [3.05, 3.63) is 0 Å². The third-order valence-electron chi connectivity index (χ3n) is 2.27. The Hall–Kier alpha value is -0.160. The number of hydrogen-bond acceptors (Lipinski definition) is 4. The third kappa shape index (κ3) is 2.42. The van der Waals surface area contributed by atoms with E-state index in [1.54, 1.807) is 0 Å². The Morgan fingerprint density at radius 1 is 1.33 bits per heavy atom. The summed E-state index contributed by atoms with van der Waals surface area (Å²) in [5, 5.41) is 27.6. The molecule has 1 aliphatic rings. The molecule has 1 heterocycles. The first-order chi connectivity index (χ1) is 5.63. The molecule has 3 atom stereocenters. The highest BCUT2D eigenvalue weighted by molar-refractivity contribution is 4.83. The highest BCUT2D eigenvalue weighted by Crippen LogP contribution is 2.10. The lowest BCUT2D eigenvalue weighted by molar-refractivity contribution is 0.0572. The monoisotopic (exact) mass is 175 g/mol. The summed E-state index contributed by atoms with van der Waals surface area (Å²) in [6, 6.07) is 0. The molecule has 0 aromatic heterocycles. The van der Waals surface area contributed by atoms with Gasteiger partial charge in [-0.1, -0.05) is 6.92 Å². The molecular formula is C8H17NO3. The average molecular weight is 175 g/mol. The zero-order valence-corrected chi connectivity index (χ0v) is 7.35. The summed E-state index contributed by atoms with van der Waals surface area (Å²) in [4.78, 5) is 1.88. The van der Waals surface area contributed by atoms with Crippen molar-refractivity contribution in [1.29, 1.82) is 0 Å². The van der Waals surface area contributed by atoms with Gasteiger partial charge in [-0.3, -0.25) is 4.90 Å². The molecule has 72 valence electrons. The fraction of sp³-hybridized carbons (Fsp3) is 1.00. The van der Waals surface area contributed by atoms with Gasteiger partial charge in [0.05, 0.1) is 18.3 Å². The fourth-order valence-corrected chi connectivity index (χ4v) is 1.42. The molecule has 0 spiro atoms. The predicted octanol–water partition coefficient (Wildman–Crippen LogP) is -1.21.